The molecule has 0 aromatic heterocycles. The number of aromatic carboxylic acids is 1. The maximum atomic E-state index is 10.7. The maximum absolute atomic E-state index is 10.7. The second-order valence-electron chi connectivity index (χ2n) is 3.60. The Kier molecular flexibility index (Phi) is 6.16. The summed E-state index contributed by atoms with van der Waals surface area (Å²) in [5.41, 5.74) is 1.34. The molecule has 0 aliphatic heterocycles. The summed E-state index contributed by atoms with van der Waals surface area (Å²) in [6.45, 7) is 4.48. The van der Waals surface area contributed by atoms with Crippen molar-refractivity contribution in [1.82, 2.24) is 0 Å². The van der Waals surface area contributed by atoms with E-state index in [1.807, 2.05) is 44.2 Å². The number of rotatable bonds is 4. The Labute approximate surface area is 113 Å². The Balaban J connectivity index is 0.000000861. The molecule has 0 radical (unpaired) electrons. The molecule has 2 aromatic rings. The third-order valence-corrected chi connectivity index (χ3v) is 2.35. The van der Waals surface area contributed by atoms with Crippen LogP contribution in [-0.4, -0.2) is 11.1 Å². The molecule has 1 N–H and O–H groups in total. The molecule has 3 nitrogen and oxygen atoms in total. The molecule has 0 spiro atoms. The Morgan fingerprint density at radius 2 is 1.58 bits per heavy atom. The standard InChI is InChI=1S/C14H12O3.C2H6/c15-14(16)12-6-8-13(9-7-12)17-10-11-4-2-1-3-5-11;1-2/h1-9H,10H2,(H,15,16);1-2H3. The van der Waals surface area contributed by atoms with E-state index in [0.29, 0.717) is 12.4 Å². The summed E-state index contributed by atoms with van der Waals surface area (Å²) >= 11 is 0. The molecule has 0 heterocycles. The topological polar surface area (TPSA) is 46.5 Å². The van der Waals surface area contributed by atoms with Crippen molar-refractivity contribution in [1.29, 1.82) is 0 Å². The Bertz CT molecular complexity index is 489. The smallest absolute Gasteiger partial charge is 0.335 e. The molecule has 0 unspecified atom stereocenters. The molecule has 0 bridgehead atoms. The fourth-order valence-corrected chi connectivity index (χ4v) is 1.43. The van der Waals surface area contributed by atoms with Crippen molar-refractivity contribution in [2.45, 2.75) is 20.5 Å². The summed E-state index contributed by atoms with van der Waals surface area (Å²) in [4.78, 5) is 10.7. The molecule has 19 heavy (non-hydrogen) atoms. The normalized spacial score (nSPS) is 9.16. The molecule has 0 aliphatic carbocycles. The van der Waals surface area contributed by atoms with Crippen molar-refractivity contribution in [3.8, 4) is 5.75 Å². The molecule has 0 amide bonds. The predicted molar refractivity (Wildman–Crippen MR) is 75.5 cm³/mol. The van der Waals surface area contributed by atoms with Crippen LogP contribution in [0, 0.1) is 0 Å². The highest BCUT2D eigenvalue weighted by Crippen LogP contribution is 2.14. The van der Waals surface area contributed by atoms with Gasteiger partial charge in [-0.3, -0.25) is 0 Å². The Morgan fingerprint density at radius 3 is 2.11 bits per heavy atom. The van der Waals surface area contributed by atoms with Gasteiger partial charge in [-0.1, -0.05) is 44.2 Å². The van der Waals surface area contributed by atoms with Crippen LogP contribution in [0.25, 0.3) is 0 Å². The van der Waals surface area contributed by atoms with Gasteiger partial charge in [0.05, 0.1) is 5.56 Å². The molecule has 0 saturated heterocycles. The molecule has 2 rings (SSSR count). The first kappa shape index (κ1) is 14.8. The van der Waals surface area contributed by atoms with Gasteiger partial charge in [-0.15, -0.1) is 0 Å². The van der Waals surface area contributed by atoms with Gasteiger partial charge in [0.1, 0.15) is 12.4 Å². The minimum absolute atomic E-state index is 0.261. The van der Waals surface area contributed by atoms with Crippen LogP contribution in [0.3, 0.4) is 0 Å². The molecule has 0 aliphatic rings. The summed E-state index contributed by atoms with van der Waals surface area (Å²) in [6, 6.07) is 16.2. The Hall–Kier alpha value is -2.29. The van der Waals surface area contributed by atoms with E-state index in [0.717, 1.165) is 5.56 Å². The van der Waals surface area contributed by atoms with Crippen LogP contribution in [0.4, 0.5) is 0 Å². The fraction of sp³-hybridized carbons (Fsp3) is 0.188. The van der Waals surface area contributed by atoms with E-state index in [4.69, 9.17) is 9.84 Å². The number of carboxylic acid groups (broad SMARTS) is 1. The summed E-state index contributed by atoms with van der Waals surface area (Å²) in [5.74, 6) is -0.265. The average molecular weight is 258 g/mol. The van der Waals surface area contributed by atoms with Crippen molar-refractivity contribution in [2.75, 3.05) is 0 Å². The van der Waals surface area contributed by atoms with Crippen molar-refractivity contribution in [3.05, 3.63) is 65.7 Å². The first-order valence-corrected chi connectivity index (χ1v) is 6.26. The monoisotopic (exact) mass is 258 g/mol. The molecule has 0 atom stereocenters. The highest BCUT2D eigenvalue weighted by Gasteiger charge is 2.02. The van der Waals surface area contributed by atoms with E-state index < -0.39 is 5.97 Å². The van der Waals surface area contributed by atoms with Gasteiger partial charge in [0.25, 0.3) is 0 Å². The lowest BCUT2D eigenvalue weighted by molar-refractivity contribution is 0.0697. The van der Waals surface area contributed by atoms with Gasteiger partial charge in [0.15, 0.2) is 0 Å². The van der Waals surface area contributed by atoms with Gasteiger partial charge in [-0.2, -0.15) is 0 Å². The van der Waals surface area contributed by atoms with Gasteiger partial charge in [-0.25, -0.2) is 4.79 Å². The zero-order valence-corrected chi connectivity index (χ0v) is 11.2. The van der Waals surface area contributed by atoms with Gasteiger partial charge < -0.3 is 9.84 Å². The highest BCUT2D eigenvalue weighted by atomic mass is 16.5. The zero-order chi connectivity index (χ0) is 14.1. The largest absolute Gasteiger partial charge is 0.489 e. The van der Waals surface area contributed by atoms with Crippen LogP contribution in [-0.2, 0) is 6.61 Å². The number of carboxylic acids is 1. The lowest BCUT2D eigenvalue weighted by Crippen LogP contribution is -1.97. The van der Waals surface area contributed by atoms with Crippen LogP contribution in [0.1, 0.15) is 29.8 Å². The quantitative estimate of drug-likeness (QED) is 0.902. The second-order valence-corrected chi connectivity index (χ2v) is 3.60. The maximum Gasteiger partial charge on any atom is 0.335 e. The SMILES string of the molecule is CC.O=C(O)c1ccc(OCc2ccccc2)cc1. The van der Waals surface area contributed by atoms with Gasteiger partial charge in [0, 0.05) is 0 Å². The van der Waals surface area contributed by atoms with E-state index in [-0.39, 0.29) is 5.56 Å². The predicted octanol–water partition coefficient (Wildman–Crippen LogP) is 3.99. The highest BCUT2D eigenvalue weighted by molar-refractivity contribution is 5.87. The van der Waals surface area contributed by atoms with Crippen LogP contribution in [0.2, 0.25) is 0 Å². The molecule has 2 aromatic carbocycles. The summed E-state index contributed by atoms with van der Waals surface area (Å²) in [5, 5.41) is 8.74. The van der Waals surface area contributed by atoms with Crippen molar-refractivity contribution < 1.29 is 14.6 Å². The van der Waals surface area contributed by atoms with Crippen LogP contribution in [0.15, 0.2) is 54.6 Å². The van der Waals surface area contributed by atoms with E-state index in [1.165, 1.54) is 12.1 Å². The third kappa shape index (κ3) is 4.84. The van der Waals surface area contributed by atoms with Crippen molar-refractivity contribution >= 4 is 5.97 Å². The van der Waals surface area contributed by atoms with Crippen molar-refractivity contribution in [3.63, 3.8) is 0 Å². The first-order chi connectivity index (χ1) is 9.25. The Morgan fingerprint density at radius 1 is 1.00 bits per heavy atom. The van der Waals surface area contributed by atoms with E-state index in [1.54, 1.807) is 12.1 Å². The second kappa shape index (κ2) is 7.93. The summed E-state index contributed by atoms with van der Waals surface area (Å²) in [7, 11) is 0. The van der Waals surface area contributed by atoms with Gasteiger partial charge in [0.2, 0.25) is 0 Å². The minimum atomic E-state index is -0.931. The molecule has 100 valence electrons. The molecular formula is C16H18O3. The van der Waals surface area contributed by atoms with E-state index >= 15 is 0 Å². The third-order valence-electron chi connectivity index (χ3n) is 2.35. The lowest BCUT2D eigenvalue weighted by atomic mass is 10.2. The van der Waals surface area contributed by atoms with Gasteiger partial charge >= 0.3 is 5.97 Å². The molecule has 3 heteroatoms. The van der Waals surface area contributed by atoms with E-state index in [9.17, 15) is 4.79 Å². The summed E-state index contributed by atoms with van der Waals surface area (Å²) < 4.78 is 5.53. The van der Waals surface area contributed by atoms with Crippen LogP contribution in [0.5, 0.6) is 5.75 Å². The molecular weight excluding hydrogens is 240 g/mol. The lowest BCUT2D eigenvalue weighted by Gasteiger charge is -2.06. The molecule has 0 saturated carbocycles. The minimum Gasteiger partial charge on any atom is -0.489 e. The molecule has 0 fully saturated rings. The zero-order valence-electron chi connectivity index (χ0n) is 11.2. The fourth-order valence-electron chi connectivity index (χ4n) is 1.43. The van der Waals surface area contributed by atoms with E-state index in [2.05, 4.69) is 0 Å². The van der Waals surface area contributed by atoms with Gasteiger partial charge in [-0.05, 0) is 29.8 Å². The summed E-state index contributed by atoms with van der Waals surface area (Å²) in [6.07, 6.45) is 0. The average Bonchev–Trinajstić information content (AvgIpc) is 2.49. The number of ether oxygens (including phenoxy) is 1. The van der Waals surface area contributed by atoms with Crippen LogP contribution >= 0.6 is 0 Å². The van der Waals surface area contributed by atoms with Crippen LogP contribution < -0.4 is 4.74 Å². The first-order valence-electron chi connectivity index (χ1n) is 6.26. The number of carbonyl (C=O) groups is 1. The number of hydrogen-bond acceptors (Lipinski definition) is 2. The number of hydrogen-bond donors (Lipinski definition) is 1. The van der Waals surface area contributed by atoms with Crippen molar-refractivity contribution in [2.24, 2.45) is 0 Å². The number of benzene rings is 2.